The second kappa shape index (κ2) is 60.9. The van der Waals surface area contributed by atoms with Crippen LogP contribution in [0.5, 0.6) is 0 Å². The predicted molar refractivity (Wildman–Crippen MR) is 494 cm³/mol. The Kier molecular flexibility index (Phi) is 48.8. The molecule has 7 N–H and O–H groups in total. The van der Waals surface area contributed by atoms with E-state index in [0.717, 1.165) is 125 Å². The summed E-state index contributed by atoms with van der Waals surface area (Å²) in [6.07, 6.45) is 29.5. The molecular formula is C103H113BrFN2O12P. The number of carboxylic acid groups (broad SMARTS) is 4. The molecule has 12 aromatic carbocycles. The van der Waals surface area contributed by atoms with E-state index in [1.165, 1.54) is 56.5 Å². The second-order valence-electron chi connectivity index (χ2n) is 27.3. The molecule has 12 rings (SSSR count). The molecule has 0 aliphatic rings. The fraction of sp³-hybridized carbons (Fsp3) is 0.184. The van der Waals surface area contributed by atoms with E-state index in [-0.39, 0.29) is 8.76 Å². The average Bonchev–Trinajstić information content (AvgIpc) is 0.849. The minimum absolute atomic E-state index is 0. The number of aromatic carboxylic acids is 4. The van der Waals surface area contributed by atoms with E-state index in [9.17, 15) is 33.2 Å². The van der Waals surface area contributed by atoms with Crippen molar-refractivity contribution in [2.45, 2.75) is 116 Å². The van der Waals surface area contributed by atoms with E-state index in [0.29, 0.717) is 33.4 Å². The van der Waals surface area contributed by atoms with Crippen molar-refractivity contribution in [1.29, 1.82) is 0 Å². The van der Waals surface area contributed by atoms with E-state index in [1.54, 1.807) is 78.3 Å². The van der Waals surface area contributed by atoms with Gasteiger partial charge in [-0.05, 0) is 262 Å². The van der Waals surface area contributed by atoms with Gasteiger partial charge in [0.05, 0.1) is 30.8 Å². The molecule has 0 aliphatic carbocycles. The number of benzene rings is 12. The molecule has 120 heavy (non-hydrogen) atoms. The highest BCUT2D eigenvalue weighted by atomic mass is 79.9. The maximum Gasteiger partial charge on any atom is 0.335 e. The Morgan fingerprint density at radius 3 is 0.900 bits per heavy atom. The van der Waals surface area contributed by atoms with E-state index >= 15 is 0 Å². The van der Waals surface area contributed by atoms with Crippen molar-refractivity contribution in [3.8, 4) is 0 Å². The number of hydroxylamine groups is 2. The summed E-state index contributed by atoms with van der Waals surface area (Å²) in [5.41, 5.74) is 20.3. The fourth-order valence-electron chi connectivity index (χ4n) is 11.7. The molecule has 2 amide bonds. The van der Waals surface area contributed by atoms with Gasteiger partial charge in [-0.15, -0.1) is 6.58 Å². The third-order valence-corrected chi connectivity index (χ3v) is 19.0. The molecular weight excluding hydrogens is 1590 g/mol. The Bertz CT molecular complexity index is 4920. The summed E-state index contributed by atoms with van der Waals surface area (Å²) < 4.78 is 20.9. The monoisotopic (exact) mass is 1700 g/mol. The molecule has 0 fully saturated rings. The summed E-state index contributed by atoms with van der Waals surface area (Å²) in [4.78, 5) is 65.2. The molecule has 0 radical (unpaired) electrons. The van der Waals surface area contributed by atoms with Crippen LogP contribution < -0.4 is 11.0 Å². The zero-order valence-corrected chi connectivity index (χ0v) is 70.4. The normalized spacial score (nSPS) is 10.2. The summed E-state index contributed by atoms with van der Waals surface area (Å²) in [5, 5.41) is 43.4. The number of rotatable bonds is 33. The van der Waals surface area contributed by atoms with Gasteiger partial charge >= 0.3 is 23.9 Å². The molecule has 1 unspecified atom stereocenters. The van der Waals surface area contributed by atoms with Crippen molar-refractivity contribution in [2.24, 2.45) is 0 Å². The number of nitrogens with one attached hydrogen (secondary N) is 2. The van der Waals surface area contributed by atoms with Crippen LogP contribution in [0.4, 0.5) is 4.39 Å². The molecule has 626 valence electrons. The van der Waals surface area contributed by atoms with Gasteiger partial charge in [-0.3, -0.25) is 23.8 Å². The number of carbonyl (C=O) groups excluding carboxylic acids is 2. The van der Waals surface area contributed by atoms with Crippen LogP contribution in [-0.2, 0) is 68.8 Å². The molecule has 0 spiro atoms. The number of hydrogen-bond donors (Lipinski definition) is 7. The highest BCUT2D eigenvalue weighted by Gasteiger charge is 2.08. The van der Waals surface area contributed by atoms with Gasteiger partial charge in [-0.2, -0.15) is 0 Å². The summed E-state index contributed by atoms with van der Waals surface area (Å²) >= 11 is 3.20. The minimum atomic E-state index is -1.00. The van der Waals surface area contributed by atoms with Crippen LogP contribution in [0.3, 0.4) is 0 Å². The molecule has 0 saturated carbocycles. The Labute approximate surface area is 721 Å². The lowest BCUT2D eigenvalue weighted by molar-refractivity contribution is 0.0686. The number of hydrogen-bond acceptors (Lipinski definition) is 8. The quantitative estimate of drug-likeness (QED) is 0.00669. The van der Waals surface area contributed by atoms with Gasteiger partial charge in [0.15, 0.2) is 0 Å². The van der Waals surface area contributed by atoms with Crippen molar-refractivity contribution >= 4 is 67.2 Å². The minimum Gasteiger partial charge on any atom is -0.478 e. The number of allylic oxidation sites excluding steroid dienone is 4. The van der Waals surface area contributed by atoms with Gasteiger partial charge in [0.1, 0.15) is 0 Å². The van der Waals surface area contributed by atoms with Crippen LogP contribution in [0, 0.1) is 0 Å². The first-order valence-electron chi connectivity index (χ1n) is 40.4. The second-order valence-corrected chi connectivity index (χ2v) is 28.5. The zero-order valence-electron chi connectivity index (χ0n) is 68.6. The lowest BCUT2D eigenvalue weighted by Crippen LogP contribution is -2.19. The molecule has 0 bridgehead atoms. The summed E-state index contributed by atoms with van der Waals surface area (Å²) in [7, 11) is 0.990. The van der Waals surface area contributed by atoms with Crippen LogP contribution >= 0.6 is 25.4 Å². The van der Waals surface area contributed by atoms with Gasteiger partial charge < -0.3 is 20.4 Å². The standard InChI is InChI=1S/C17H20NO2P.C17H19NO2.C17H18O2.2C17H16O2.C10H12.C7H5BrO2.CH3F.2H2/c19-17(18-20-21)16-12-10-15(11-13-16)9-5-4-8-14-6-2-1-3-7-14;19-17(18-20)16-12-10-15(11-13-16)9-5-4-8-14-6-2-1-3-7-14;3*18-17(19)16-12-10-15(11-13-16)9-5-4-8-14-6-2-1-3-7-14;1-2-3-7-10-8-5-4-6-9-10;8-6-3-1-5(2-4-6)7(9)10;1-2;;/h1-3,6-7,10-13H,4-5,8-9,21H2,(H,18,19);1-3,6-7,10-13,20H,4-5,8-9H2,(H,18,19);1-3,6-7,10-13H,4-5,8-9H2,(H,18,19);1-3,5-7,9-13H,4,8H2,(H,18,19);1-7,10-13H,8-9H2,(H,18,19);2,4-6,8-9H,1,3,7H2;1-4H,(H,9,10);1H3;2*1H/b;;;9-5+;5-4+;;;;;/i;;;;;;;1D;1+2;. The molecule has 0 aliphatic heterocycles. The number of aryl methyl sites for hydroxylation is 8. The fourth-order valence-corrected chi connectivity index (χ4v) is 12.1. The Hall–Kier alpha value is -12.6. The van der Waals surface area contributed by atoms with Crippen molar-refractivity contribution in [3.63, 3.8) is 0 Å². The molecule has 1 atom stereocenters. The molecule has 0 aromatic heterocycles. The number of unbranched alkanes of at least 4 members (excludes halogenated alkanes) is 3. The number of carbonyl (C=O) groups is 6. The van der Waals surface area contributed by atoms with Crippen LogP contribution in [0.15, 0.2) is 363 Å². The van der Waals surface area contributed by atoms with E-state index in [4.69, 9.17) is 27.0 Å². The van der Waals surface area contributed by atoms with E-state index in [2.05, 4.69) is 172 Å². The summed E-state index contributed by atoms with van der Waals surface area (Å²) in [6.45, 7) is 3.68. The first-order valence-corrected chi connectivity index (χ1v) is 40.9. The van der Waals surface area contributed by atoms with Crippen molar-refractivity contribution in [2.75, 3.05) is 7.15 Å². The smallest absolute Gasteiger partial charge is 0.335 e. The van der Waals surface area contributed by atoms with E-state index < -0.39 is 36.9 Å². The van der Waals surface area contributed by atoms with Crippen molar-refractivity contribution in [3.05, 3.63) is 458 Å². The molecule has 12 aromatic rings. The highest BCUT2D eigenvalue weighted by molar-refractivity contribution is 9.10. The molecule has 0 heterocycles. The van der Waals surface area contributed by atoms with Gasteiger partial charge in [0.25, 0.3) is 11.8 Å². The summed E-state index contributed by atoms with van der Waals surface area (Å²) in [5.74, 6) is -4.24. The topological polar surface area (TPSA) is 237 Å². The SMILES string of the molecule is C=CCCc1ccccc1.O=C(NO)c1ccc(CCCCc2ccccc2)cc1.O=C(NOP)c1ccc(CCCCc2ccccc2)cc1.O=C(O)c1ccc(/C=C/CCc2ccccc2)cc1.O=C(O)c1ccc(Br)cc1.O=C(O)c1ccc(C/C=C/Cc2ccccc2)cc1.O=C(O)c1ccc(CCCCc2ccccc2)cc1.[2H]CF.[3HH].[HH]. The van der Waals surface area contributed by atoms with Crippen LogP contribution in [0.1, 0.15) is 179 Å². The highest BCUT2D eigenvalue weighted by Crippen LogP contribution is 2.17. The number of amides is 2. The first kappa shape index (κ1) is 96.3. The van der Waals surface area contributed by atoms with Crippen LogP contribution in [0.25, 0.3) is 6.08 Å². The summed E-state index contributed by atoms with van der Waals surface area (Å²) in [6, 6.07) is 105. The average molecular weight is 1700 g/mol. The molecule has 14 nitrogen and oxygen atoms in total. The number of alkyl halides is 1. The predicted octanol–water partition coefficient (Wildman–Crippen LogP) is 24.8. The van der Waals surface area contributed by atoms with Crippen molar-refractivity contribution < 1.29 is 67.6 Å². The van der Waals surface area contributed by atoms with Gasteiger partial charge in [0, 0.05) is 27.9 Å². The Morgan fingerprint density at radius 2 is 0.608 bits per heavy atom. The Morgan fingerprint density at radius 1 is 0.367 bits per heavy atom. The molecule has 0 saturated heterocycles. The molecule has 17 heteroatoms. The Balaban J connectivity index is 0.000000372. The van der Waals surface area contributed by atoms with E-state index in [1.807, 2.05) is 155 Å². The third-order valence-electron chi connectivity index (χ3n) is 18.4. The largest absolute Gasteiger partial charge is 0.478 e. The van der Waals surface area contributed by atoms with Gasteiger partial charge in [-0.25, -0.2) is 30.1 Å². The maximum absolute atomic E-state index is 11.5. The van der Waals surface area contributed by atoms with Gasteiger partial charge in [-0.1, -0.05) is 289 Å². The van der Waals surface area contributed by atoms with Crippen LogP contribution in [-0.4, -0.2) is 68.5 Å². The van der Waals surface area contributed by atoms with Crippen LogP contribution in [0.2, 0.25) is 0 Å². The maximum atomic E-state index is 11.5. The van der Waals surface area contributed by atoms with Crippen molar-refractivity contribution in [1.82, 2.24) is 11.0 Å². The number of halogens is 2. The zero-order chi connectivity index (χ0) is 87.1. The number of carboxylic acids is 4. The lowest BCUT2D eigenvalue weighted by atomic mass is 10.0. The third kappa shape index (κ3) is 43.1. The lowest BCUT2D eigenvalue weighted by Gasteiger charge is -2.05. The van der Waals surface area contributed by atoms with Gasteiger partial charge in [0.2, 0.25) is 0 Å². The first-order chi connectivity index (χ1) is 58.9.